The van der Waals surface area contributed by atoms with E-state index in [4.69, 9.17) is 9.47 Å². The highest BCUT2D eigenvalue weighted by atomic mass is 16.5. The zero-order chi connectivity index (χ0) is 34.4. The van der Waals surface area contributed by atoms with Gasteiger partial charge in [0.05, 0.1) is 12.7 Å². The smallest absolute Gasteiger partial charge is 0.328 e. The molecule has 5 rings (SSSR count). The minimum atomic E-state index is -1.10. The van der Waals surface area contributed by atoms with E-state index in [1.807, 2.05) is 91.0 Å². The summed E-state index contributed by atoms with van der Waals surface area (Å²) in [4.78, 5) is 59.9. The number of fused-ring (bicyclic) bond motifs is 1. The fourth-order valence-corrected chi connectivity index (χ4v) is 5.57. The van der Waals surface area contributed by atoms with Crippen LogP contribution in [0, 0.1) is 0 Å². The molecule has 1 aromatic heterocycles. The normalized spacial score (nSPS) is 18.2. The molecular formula is C39H40N4O6. The summed E-state index contributed by atoms with van der Waals surface area (Å²) >= 11 is 0. The van der Waals surface area contributed by atoms with E-state index in [9.17, 15) is 19.2 Å². The molecule has 0 bridgehead atoms. The standard InChI is InChI=1S/C39H40N4O6/c1-48-39(47)33-16-17-36(44)43(24-20-28-10-4-2-5-11-28)23-8-9-25-49-35-27-31(30-18-21-40-22-19-30)14-15-32(35)37(45)42-34(38(46)41-33)26-29-12-6-3-7-13-29/h2-15,18-19,21-22,27,33-34H,16-17,20,23-26H2,1H3,(H,41,46)(H,42,45)/b9-8+/t33-,34+/m0/s1. The highest BCUT2D eigenvalue weighted by Crippen LogP contribution is 2.28. The van der Waals surface area contributed by atoms with Crippen molar-refractivity contribution >= 4 is 23.7 Å². The van der Waals surface area contributed by atoms with E-state index in [2.05, 4.69) is 15.6 Å². The number of carbonyl (C=O) groups is 4. The van der Waals surface area contributed by atoms with Crippen LogP contribution in [-0.4, -0.2) is 72.5 Å². The molecule has 0 radical (unpaired) electrons. The maximum Gasteiger partial charge on any atom is 0.328 e. The van der Waals surface area contributed by atoms with Crippen LogP contribution in [0.2, 0.25) is 0 Å². The first-order valence-electron chi connectivity index (χ1n) is 16.3. The van der Waals surface area contributed by atoms with E-state index in [-0.39, 0.29) is 37.3 Å². The second kappa shape index (κ2) is 17.4. The maximum absolute atomic E-state index is 13.9. The van der Waals surface area contributed by atoms with Crippen LogP contribution in [0.15, 0.2) is 116 Å². The lowest BCUT2D eigenvalue weighted by molar-refractivity contribution is -0.145. The molecule has 0 spiro atoms. The Morgan fingerprint density at radius 3 is 2.31 bits per heavy atom. The molecule has 1 aliphatic rings. The second-order valence-electron chi connectivity index (χ2n) is 11.6. The summed E-state index contributed by atoms with van der Waals surface area (Å²) < 4.78 is 11.2. The number of methoxy groups -OCH3 is 1. The fraction of sp³-hybridized carbons (Fsp3) is 0.256. The van der Waals surface area contributed by atoms with Crippen LogP contribution in [0.1, 0.15) is 34.3 Å². The Kier molecular flexibility index (Phi) is 12.3. The Labute approximate surface area is 286 Å². The van der Waals surface area contributed by atoms with Crippen molar-refractivity contribution in [1.82, 2.24) is 20.5 Å². The first-order chi connectivity index (χ1) is 23.9. The topological polar surface area (TPSA) is 127 Å². The molecule has 0 unspecified atom stereocenters. The van der Waals surface area contributed by atoms with Gasteiger partial charge in [-0.1, -0.05) is 72.8 Å². The van der Waals surface area contributed by atoms with Crippen LogP contribution in [-0.2, 0) is 32.0 Å². The molecule has 49 heavy (non-hydrogen) atoms. The number of rotatable bonds is 7. The van der Waals surface area contributed by atoms with E-state index in [0.717, 1.165) is 22.3 Å². The first-order valence-corrected chi connectivity index (χ1v) is 16.3. The van der Waals surface area contributed by atoms with Crippen LogP contribution in [0.3, 0.4) is 0 Å². The summed E-state index contributed by atoms with van der Waals surface area (Å²) in [6.45, 7) is 0.909. The van der Waals surface area contributed by atoms with Gasteiger partial charge in [0.1, 0.15) is 24.4 Å². The summed E-state index contributed by atoms with van der Waals surface area (Å²) in [5.74, 6) is -1.62. The highest BCUT2D eigenvalue weighted by molar-refractivity contribution is 6.00. The van der Waals surface area contributed by atoms with E-state index in [1.165, 1.54) is 7.11 Å². The summed E-state index contributed by atoms with van der Waals surface area (Å²) in [7, 11) is 1.23. The second-order valence-corrected chi connectivity index (χ2v) is 11.6. The number of hydrogen-bond acceptors (Lipinski definition) is 7. The first kappa shape index (κ1) is 34.6. The Morgan fingerprint density at radius 1 is 0.878 bits per heavy atom. The minimum absolute atomic E-state index is 0.00187. The van der Waals surface area contributed by atoms with Crippen LogP contribution in [0.5, 0.6) is 5.75 Å². The average molecular weight is 661 g/mol. The van der Waals surface area contributed by atoms with Gasteiger partial charge in [0.25, 0.3) is 5.91 Å². The van der Waals surface area contributed by atoms with Gasteiger partial charge in [0.2, 0.25) is 11.8 Å². The average Bonchev–Trinajstić information content (AvgIpc) is 3.14. The van der Waals surface area contributed by atoms with Gasteiger partial charge in [-0.25, -0.2) is 4.79 Å². The molecular weight excluding hydrogens is 620 g/mol. The van der Waals surface area contributed by atoms with E-state index < -0.39 is 29.9 Å². The molecule has 10 heteroatoms. The lowest BCUT2D eigenvalue weighted by atomic mass is 10.0. The number of nitrogens with zero attached hydrogens (tertiary/aromatic N) is 2. The molecule has 0 aliphatic carbocycles. The number of benzene rings is 3. The van der Waals surface area contributed by atoms with Crippen molar-refractivity contribution in [2.75, 3.05) is 26.8 Å². The number of nitrogens with one attached hydrogen (secondary N) is 2. The summed E-state index contributed by atoms with van der Waals surface area (Å²) in [5.41, 5.74) is 3.85. The van der Waals surface area contributed by atoms with Crippen molar-refractivity contribution in [3.05, 3.63) is 132 Å². The number of amides is 3. The summed E-state index contributed by atoms with van der Waals surface area (Å²) in [6, 6.07) is 26.0. The number of carbonyl (C=O) groups excluding carboxylic acids is 4. The van der Waals surface area contributed by atoms with Gasteiger partial charge >= 0.3 is 5.97 Å². The Morgan fingerprint density at radius 2 is 1.59 bits per heavy atom. The van der Waals surface area contributed by atoms with Crippen LogP contribution in [0.25, 0.3) is 11.1 Å². The quantitative estimate of drug-likeness (QED) is 0.220. The molecule has 3 amide bonds. The van der Waals surface area contributed by atoms with Crippen molar-refractivity contribution in [2.45, 2.75) is 37.8 Å². The molecule has 3 aromatic carbocycles. The molecule has 4 aromatic rings. The van der Waals surface area contributed by atoms with Crippen molar-refractivity contribution in [1.29, 1.82) is 0 Å². The van der Waals surface area contributed by atoms with Gasteiger partial charge in [-0.2, -0.15) is 0 Å². The lowest BCUT2D eigenvalue weighted by Crippen LogP contribution is -2.53. The molecule has 2 atom stereocenters. The Bertz CT molecular complexity index is 1750. The molecule has 0 saturated carbocycles. The van der Waals surface area contributed by atoms with Gasteiger partial charge in [-0.3, -0.25) is 19.4 Å². The highest BCUT2D eigenvalue weighted by Gasteiger charge is 2.30. The van der Waals surface area contributed by atoms with Gasteiger partial charge in [0, 0.05) is 38.3 Å². The van der Waals surface area contributed by atoms with Crippen molar-refractivity contribution in [3.8, 4) is 16.9 Å². The monoisotopic (exact) mass is 660 g/mol. The Balaban J connectivity index is 1.47. The number of ether oxygens (including phenoxy) is 2. The largest absolute Gasteiger partial charge is 0.489 e. The van der Waals surface area contributed by atoms with Gasteiger partial charge in [-0.15, -0.1) is 0 Å². The van der Waals surface area contributed by atoms with Crippen molar-refractivity contribution in [2.24, 2.45) is 0 Å². The van der Waals surface area contributed by atoms with Crippen molar-refractivity contribution in [3.63, 3.8) is 0 Å². The number of esters is 1. The third-order valence-electron chi connectivity index (χ3n) is 8.29. The third kappa shape index (κ3) is 9.87. The van der Waals surface area contributed by atoms with Crippen LogP contribution < -0.4 is 15.4 Å². The van der Waals surface area contributed by atoms with E-state index >= 15 is 0 Å². The summed E-state index contributed by atoms with van der Waals surface area (Å²) in [5, 5.41) is 5.61. The predicted molar refractivity (Wildman–Crippen MR) is 186 cm³/mol. The fourth-order valence-electron chi connectivity index (χ4n) is 5.57. The summed E-state index contributed by atoms with van der Waals surface area (Å²) in [6.07, 6.45) is 7.86. The lowest BCUT2D eigenvalue weighted by Gasteiger charge is -2.24. The molecule has 1 aliphatic heterocycles. The minimum Gasteiger partial charge on any atom is -0.489 e. The van der Waals surface area contributed by atoms with Crippen LogP contribution in [0.4, 0.5) is 0 Å². The zero-order valence-corrected chi connectivity index (χ0v) is 27.4. The van der Waals surface area contributed by atoms with E-state index in [1.54, 1.807) is 29.4 Å². The molecule has 10 nitrogen and oxygen atoms in total. The number of aromatic nitrogens is 1. The van der Waals surface area contributed by atoms with Gasteiger partial charge in [-0.05, 0) is 65.4 Å². The van der Waals surface area contributed by atoms with E-state index in [0.29, 0.717) is 25.3 Å². The molecule has 252 valence electrons. The van der Waals surface area contributed by atoms with Gasteiger partial charge in [0.15, 0.2) is 0 Å². The van der Waals surface area contributed by atoms with Crippen molar-refractivity contribution < 1.29 is 28.7 Å². The third-order valence-corrected chi connectivity index (χ3v) is 8.29. The molecule has 0 fully saturated rings. The molecule has 0 saturated heterocycles. The van der Waals surface area contributed by atoms with Crippen LogP contribution >= 0.6 is 0 Å². The maximum atomic E-state index is 13.9. The number of hydrogen-bond donors (Lipinski definition) is 2. The SMILES string of the molecule is COC(=O)[C@@H]1CCC(=O)N(CCc2ccccc2)C/C=C/COc2cc(-c3ccncc3)ccc2C(=O)N[C@H](Cc2ccccc2)C(=O)N1. The predicted octanol–water partition coefficient (Wildman–Crippen LogP) is 4.55. The van der Waals surface area contributed by atoms with Gasteiger partial charge < -0.3 is 25.0 Å². The number of pyridine rings is 1. The Hall–Kier alpha value is -5.77. The zero-order valence-electron chi connectivity index (χ0n) is 27.4. The molecule has 2 N–H and O–H groups in total. The molecule has 2 heterocycles.